The molecule has 2 aromatic rings. The topological polar surface area (TPSA) is 112 Å². The van der Waals surface area contributed by atoms with Crippen LogP contribution in [0.2, 0.25) is 10.0 Å². The van der Waals surface area contributed by atoms with Gasteiger partial charge in [-0.15, -0.1) is 0 Å². The van der Waals surface area contributed by atoms with Gasteiger partial charge in [0.1, 0.15) is 0 Å². The average Bonchev–Trinajstić information content (AvgIpc) is 2.57. The Balaban J connectivity index is 2.62. The molecule has 0 radical (unpaired) electrons. The maximum atomic E-state index is 13.0. The van der Waals surface area contributed by atoms with Gasteiger partial charge in [-0.3, -0.25) is 9.10 Å². The second kappa shape index (κ2) is 7.94. The van der Waals surface area contributed by atoms with Crippen LogP contribution in [0.25, 0.3) is 0 Å². The van der Waals surface area contributed by atoms with Crippen molar-refractivity contribution in [2.45, 2.75) is 11.3 Å². The third-order valence-corrected chi connectivity index (χ3v) is 5.96. The molecule has 2 rings (SSSR count). The van der Waals surface area contributed by atoms with Crippen molar-refractivity contribution in [3.8, 4) is 0 Å². The van der Waals surface area contributed by atoms with Crippen LogP contribution in [0.1, 0.15) is 16.8 Å². The molecule has 0 atom stereocenters. The van der Waals surface area contributed by atoms with Gasteiger partial charge in [0.25, 0.3) is 10.0 Å². The van der Waals surface area contributed by atoms with Gasteiger partial charge in [0.15, 0.2) is 0 Å². The highest BCUT2D eigenvalue weighted by atomic mass is 35.5. The van der Waals surface area contributed by atoms with Crippen molar-refractivity contribution in [3.05, 3.63) is 58.1 Å². The van der Waals surface area contributed by atoms with Crippen LogP contribution in [-0.4, -0.2) is 37.1 Å². The van der Waals surface area contributed by atoms with Gasteiger partial charge in [0.05, 0.1) is 32.6 Å². The highest BCUT2D eigenvalue weighted by Gasteiger charge is 2.29. The molecule has 7 nitrogen and oxygen atoms in total. The number of rotatable bonds is 7. The summed E-state index contributed by atoms with van der Waals surface area (Å²) in [6, 6.07) is 9.04. The Morgan fingerprint density at radius 1 is 1.00 bits per heavy atom. The number of halogens is 2. The fourth-order valence-electron chi connectivity index (χ4n) is 2.20. The van der Waals surface area contributed by atoms with E-state index in [9.17, 15) is 23.1 Å². The van der Waals surface area contributed by atoms with Crippen molar-refractivity contribution < 1.29 is 28.2 Å². The predicted octanol–water partition coefficient (Wildman–Crippen LogP) is 3.36. The van der Waals surface area contributed by atoms with Gasteiger partial charge in [0.2, 0.25) is 0 Å². The molecule has 0 fully saturated rings. The number of nitrogens with zero attached hydrogens (tertiary/aromatic N) is 1. The fraction of sp³-hybridized carbons (Fsp3) is 0.125. The molecule has 0 aliphatic carbocycles. The van der Waals surface area contributed by atoms with Gasteiger partial charge >= 0.3 is 11.9 Å². The summed E-state index contributed by atoms with van der Waals surface area (Å²) in [4.78, 5) is 22.2. The Labute approximate surface area is 159 Å². The molecule has 0 amide bonds. The van der Waals surface area contributed by atoms with E-state index in [-0.39, 0.29) is 26.2 Å². The first-order chi connectivity index (χ1) is 12.1. The van der Waals surface area contributed by atoms with E-state index in [1.54, 1.807) is 0 Å². The van der Waals surface area contributed by atoms with Gasteiger partial charge < -0.3 is 10.2 Å². The lowest BCUT2D eigenvalue weighted by Gasteiger charge is -2.25. The third-order valence-electron chi connectivity index (χ3n) is 3.41. The first-order valence-electron chi connectivity index (χ1n) is 7.16. The van der Waals surface area contributed by atoms with E-state index in [4.69, 9.17) is 28.3 Å². The standard InChI is InChI=1S/C16H13Cl2NO6S/c17-12-6-5-10(9-13(12)18)26(24,25)19(8-7-15(20)21)14-4-2-1-3-11(14)16(22)23/h1-6,9H,7-8H2,(H,20,21)(H,22,23). The Kier molecular flexibility index (Phi) is 6.12. The number of sulfonamides is 1. The zero-order valence-electron chi connectivity index (χ0n) is 13.1. The van der Waals surface area contributed by atoms with Crippen LogP contribution in [-0.2, 0) is 14.8 Å². The number of para-hydroxylation sites is 1. The maximum Gasteiger partial charge on any atom is 0.337 e. The fourth-order valence-corrected chi connectivity index (χ4v) is 4.08. The van der Waals surface area contributed by atoms with E-state index in [2.05, 4.69) is 0 Å². The lowest BCUT2D eigenvalue weighted by Crippen LogP contribution is -2.34. The number of hydrogen-bond donors (Lipinski definition) is 2. The molecule has 0 aromatic heterocycles. The number of anilines is 1. The number of carboxylic acids is 2. The largest absolute Gasteiger partial charge is 0.481 e. The van der Waals surface area contributed by atoms with Gasteiger partial charge in [-0.1, -0.05) is 35.3 Å². The first-order valence-corrected chi connectivity index (χ1v) is 9.36. The SMILES string of the molecule is O=C(O)CCN(c1ccccc1C(=O)O)S(=O)(=O)c1ccc(Cl)c(Cl)c1. The van der Waals surface area contributed by atoms with Crippen LogP contribution in [0.3, 0.4) is 0 Å². The molecule has 0 bridgehead atoms. The van der Waals surface area contributed by atoms with Crippen molar-refractivity contribution in [2.24, 2.45) is 0 Å². The van der Waals surface area contributed by atoms with Crippen LogP contribution in [0.15, 0.2) is 47.4 Å². The number of carbonyl (C=O) groups is 2. The molecule has 0 saturated carbocycles. The molecular formula is C16H13Cl2NO6S. The molecule has 26 heavy (non-hydrogen) atoms. The van der Waals surface area contributed by atoms with Crippen molar-refractivity contribution in [3.63, 3.8) is 0 Å². The summed E-state index contributed by atoms with van der Waals surface area (Å²) in [6.07, 6.45) is -0.519. The second-order valence-electron chi connectivity index (χ2n) is 5.12. The van der Waals surface area contributed by atoms with E-state index in [0.717, 1.165) is 10.4 Å². The average molecular weight is 418 g/mol. The Morgan fingerprint density at radius 3 is 2.23 bits per heavy atom. The molecule has 138 valence electrons. The second-order valence-corrected chi connectivity index (χ2v) is 7.80. The Hall–Kier alpha value is -2.29. The molecule has 2 aromatic carbocycles. The summed E-state index contributed by atoms with van der Waals surface area (Å²) in [7, 11) is -4.28. The zero-order chi connectivity index (χ0) is 19.5. The van der Waals surface area contributed by atoms with Gasteiger partial charge in [-0.2, -0.15) is 0 Å². The smallest absolute Gasteiger partial charge is 0.337 e. The molecule has 0 saturated heterocycles. The quantitative estimate of drug-likeness (QED) is 0.713. The van der Waals surface area contributed by atoms with Gasteiger partial charge in [-0.05, 0) is 30.3 Å². The van der Waals surface area contributed by atoms with E-state index >= 15 is 0 Å². The first kappa shape index (κ1) is 20.0. The molecule has 0 aliphatic heterocycles. The highest BCUT2D eigenvalue weighted by molar-refractivity contribution is 7.92. The summed E-state index contributed by atoms with van der Waals surface area (Å²) in [6.45, 7) is -0.456. The Bertz CT molecular complexity index is 961. The normalized spacial score (nSPS) is 11.2. The molecule has 0 aliphatic rings. The summed E-state index contributed by atoms with van der Waals surface area (Å²) in [5.74, 6) is -2.57. The monoisotopic (exact) mass is 417 g/mol. The van der Waals surface area contributed by atoms with Crippen molar-refractivity contribution >= 4 is 50.9 Å². The maximum absolute atomic E-state index is 13.0. The highest BCUT2D eigenvalue weighted by Crippen LogP contribution is 2.31. The van der Waals surface area contributed by atoms with Crippen molar-refractivity contribution in [1.29, 1.82) is 0 Å². The number of hydrogen-bond acceptors (Lipinski definition) is 4. The number of carboxylic acid groups (broad SMARTS) is 2. The minimum atomic E-state index is -4.28. The van der Waals surface area contributed by atoms with E-state index < -0.39 is 34.9 Å². The summed E-state index contributed by atoms with van der Waals surface area (Å²) >= 11 is 11.7. The Morgan fingerprint density at radius 2 is 1.65 bits per heavy atom. The molecular weight excluding hydrogens is 405 g/mol. The third kappa shape index (κ3) is 4.27. The predicted molar refractivity (Wildman–Crippen MR) is 96.6 cm³/mol. The van der Waals surface area contributed by atoms with Crippen LogP contribution in [0.5, 0.6) is 0 Å². The lowest BCUT2D eigenvalue weighted by atomic mass is 10.2. The van der Waals surface area contributed by atoms with E-state index in [1.807, 2.05) is 0 Å². The minimum Gasteiger partial charge on any atom is -0.481 e. The molecule has 2 N–H and O–H groups in total. The zero-order valence-corrected chi connectivity index (χ0v) is 15.4. The van der Waals surface area contributed by atoms with Crippen LogP contribution >= 0.6 is 23.2 Å². The lowest BCUT2D eigenvalue weighted by molar-refractivity contribution is -0.136. The van der Waals surface area contributed by atoms with E-state index in [0.29, 0.717) is 0 Å². The van der Waals surface area contributed by atoms with Crippen molar-refractivity contribution in [2.75, 3.05) is 10.8 Å². The summed E-state index contributed by atoms with van der Waals surface area (Å²) < 4.78 is 26.8. The minimum absolute atomic E-state index is 0.00236. The summed E-state index contributed by atoms with van der Waals surface area (Å²) in [5.41, 5.74) is -0.422. The van der Waals surface area contributed by atoms with Gasteiger partial charge in [0, 0.05) is 6.54 Å². The van der Waals surface area contributed by atoms with Crippen molar-refractivity contribution in [1.82, 2.24) is 0 Å². The van der Waals surface area contributed by atoms with Crippen LogP contribution < -0.4 is 4.31 Å². The number of benzene rings is 2. The molecule has 0 spiro atoms. The van der Waals surface area contributed by atoms with Crippen LogP contribution in [0.4, 0.5) is 5.69 Å². The molecule has 0 heterocycles. The van der Waals surface area contributed by atoms with Gasteiger partial charge in [-0.25, -0.2) is 13.2 Å². The molecule has 10 heteroatoms. The van der Waals surface area contributed by atoms with E-state index in [1.165, 1.54) is 36.4 Å². The summed E-state index contributed by atoms with van der Waals surface area (Å²) in [5, 5.41) is 18.4. The van der Waals surface area contributed by atoms with Crippen LogP contribution in [0, 0.1) is 0 Å². The number of aliphatic carboxylic acids is 1. The molecule has 0 unspecified atom stereocenters. The number of aromatic carboxylic acids is 1.